The molecule has 0 bridgehead atoms. The quantitative estimate of drug-likeness (QED) is 0.405. The first-order valence-electron chi connectivity index (χ1n) is 10.5. The van der Waals surface area contributed by atoms with Crippen molar-refractivity contribution in [1.82, 2.24) is 10.3 Å². The number of amides is 1. The number of nitrogens with zero attached hydrogens (tertiary/aromatic N) is 1. The Balaban J connectivity index is 1.90. The Kier molecular flexibility index (Phi) is 7.14. The van der Waals surface area contributed by atoms with Gasteiger partial charge in [-0.3, -0.25) is 19.4 Å². The molecule has 1 N–H and O–H groups in total. The summed E-state index contributed by atoms with van der Waals surface area (Å²) in [5.74, 6) is -1.81. The summed E-state index contributed by atoms with van der Waals surface area (Å²) in [5.41, 5.74) is 1.43. The highest BCUT2D eigenvalue weighted by molar-refractivity contribution is 6.16. The average molecular weight is 438 g/mol. The van der Waals surface area contributed by atoms with Crippen LogP contribution in [0.5, 0.6) is 0 Å². The lowest BCUT2D eigenvalue weighted by molar-refractivity contribution is -0.128. The van der Waals surface area contributed by atoms with Gasteiger partial charge < -0.3 is 5.32 Å². The number of hydrogen-bond donors (Lipinski definition) is 1. The molecule has 7 heteroatoms. The number of unbranched alkanes of at least 4 members (excludes halogenated alkanes) is 1. The van der Waals surface area contributed by atoms with Gasteiger partial charge in [-0.25, -0.2) is 8.78 Å². The van der Waals surface area contributed by atoms with Gasteiger partial charge in [-0.15, -0.1) is 6.42 Å². The molecule has 1 aliphatic carbocycles. The maximum absolute atomic E-state index is 14.2. The van der Waals surface area contributed by atoms with Crippen LogP contribution in [-0.4, -0.2) is 29.0 Å². The fourth-order valence-electron chi connectivity index (χ4n) is 4.10. The summed E-state index contributed by atoms with van der Waals surface area (Å²) in [6.45, 7) is 4.21. The molecule has 5 nitrogen and oxygen atoms in total. The first kappa shape index (κ1) is 23.3. The number of ketones is 2. The molecule has 1 aliphatic rings. The first-order chi connectivity index (χ1) is 15.3. The van der Waals surface area contributed by atoms with Gasteiger partial charge in [0.15, 0.2) is 11.6 Å². The van der Waals surface area contributed by atoms with Crippen LogP contribution in [0.25, 0.3) is 11.3 Å². The molecule has 0 aliphatic heterocycles. The molecule has 1 heterocycles. The van der Waals surface area contributed by atoms with Crippen LogP contribution >= 0.6 is 0 Å². The van der Waals surface area contributed by atoms with Crippen LogP contribution in [0.3, 0.4) is 0 Å². The van der Waals surface area contributed by atoms with Crippen molar-refractivity contribution in [1.29, 1.82) is 0 Å². The van der Waals surface area contributed by atoms with Gasteiger partial charge in [-0.05, 0) is 36.6 Å². The number of pyridine rings is 1. The maximum Gasteiger partial charge on any atom is 0.220 e. The zero-order valence-corrected chi connectivity index (χ0v) is 18.0. The Labute approximate surface area is 185 Å². The predicted octanol–water partition coefficient (Wildman–Crippen LogP) is 3.86. The van der Waals surface area contributed by atoms with Crippen LogP contribution in [-0.2, 0) is 14.4 Å². The highest BCUT2D eigenvalue weighted by atomic mass is 19.1. The third-order valence-electron chi connectivity index (χ3n) is 5.65. The zero-order valence-electron chi connectivity index (χ0n) is 18.0. The van der Waals surface area contributed by atoms with E-state index in [9.17, 15) is 23.2 Å². The molecule has 1 aromatic heterocycles. The van der Waals surface area contributed by atoms with Crippen LogP contribution < -0.4 is 5.32 Å². The average Bonchev–Trinajstić information content (AvgIpc) is 3.00. The minimum atomic E-state index is -1.06. The van der Waals surface area contributed by atoms with E-state index in [1.807, 2.05) is 6.92 Å². The van der Waals surface area contributed by atoms with E-state index in [0.29, 0.717) is 23.2 Å². The van der Waals surface area contributed by atoms with Crippen molar-refractivity contribution in [2.45, 2.75) is 45.4 Å². The number of nitrogens with one attached hydrogen (secondary N) is 1. The number of Topliss-reactive ketones (excluding diaryl/α,β-unsaturated/α-hetero) is 2. The number of terminal acetylenes is 1. The molecule has 1 aromatic carbocycles. The molecule has 1 fully saturated rings. The summed E-state index contributed by atoms with van der Waals surface area (Å²) in [7, 11) is 0. The molecule has 3 rings (SSSR count). The van der Waals surface area contributed by atoms with Crippen molar-refractivity contribution < 1.29 is 23.2 Å². The second-order valence-corrected chi connectivity index (χ2v) is 7.99. The molecular weight excluding hydrogens is 414 g/mol. The van der Waals surface area contributed by atoms with E-state index in [-0.39, 0.29) is 41.6 Å². The lowest BCUT2D eigenvalue weighted by atomic mass is 9.85. The van der Waals surface area contributed by atoms with E-state index >= 15 is 0 Å². The third-order valence-corrected chi connectivity index (χ3v) is 5.65. The van der Waals surface area contributed by atoms with Crippen LogP contribution in [0, 0.1) is 36.8 Å². The summed E-state index contributed by atoms with van der Waals surface area (Å²) in [4.78, 5) is 41.8. The first-order valence-corrected chi connectivity index (χ1v) is 10.5. The number of benzene rings is 1. The molecule has 166 valence electrons. The number of rotatable bonds is 7. The van der Waals surface area contributed by atoms with E-state index in [1.54, 1.807) is 13.0 Å². The molecule has 2 atom stereocenters. The molecule has 1 saturated carbocycles. The number of hydrogen-bond acceptors (Lipinski definition) is 4. The van der Waals surface area contributed by atoms with Crippen molar-refractivity contribution in [3.63, 3.8) is 0 Å². The number of aromatic nitrogens is 1. The van der Waals surface area contributed by atoms with Gasteiger partial charge in [0.25, 0.3) is 0 Å². The van der Waals surface area contributed by atoms with Gasteiger partial charge in [-0.2, -0.15) is 0 Å². The number of carbonyl (C=O) groups excluding carboxylic acids is 3. The fraction of sp³-hybridized carbons (Fsp3) is 0.360. The summed E-state index contributed by atoms with van der Waals surface area (Å²) in [6, 6.07) is 3.77. The minimum Gasteiger partial charge on any atom is -0.356 e. The Morgan fingerprint density at radius 1 is 1.28 bits per heavy atom. The monoisotopic (exact) mass is 438 g/mol. The second-order valence-electron chi connectivity index (χ2n) is 7.99. The molecular formula is C25H24F2N2O3. The van der Waals surface area contributed by atoms with Crippen LogP contribution in [0.15, 0.2) is 24.4 Å². The number of halogens is 2. The summed E-state index contributed by atoms with van der Waals surface area (Å²) in [5, 5.41) is 2.77. The number of aryl methyl sites for hydroxylation is 1. The highest BCUT2D eigenvalue weighted by Crippen LogP contribution is 2.38. The predicted molar refractivity (Wildman–Crippen MR) is 116 cm³/mol. The molecule has 0 radical (unpaired) electrons. The van der Waals surface area contributed by atoms with Crippen molar-refractivity contribution >= 4 is 17.5 Å². The minimum absolute atomic E-state index is 0.0238. The standard InChI is InChI=1S/C25H24F2N2O3/c1-4-6-7-28-21(31)11-17-10-20(30)23(25(17)32)22-14(3)8-16(9-15(22)5-2)24-19(27)12-18(26)13-29-24/h2,8-9,12-13,17,23H,4,6-7,10-11H2,1,3H3,(H,28,31). The van der Waals surface area contributed by atoms with E-state index in [0.717, 1.165) is 25.1 Å². The highest BCUT2D eigenvalue weighted by Gasteiger charge is 2.44. The van der Waals surface area contributed by atoms with Crippen molar-refractivity contribution in [2.24, 2.45) is 5.92 Å². The Morgan fingerprint density at radius 3 is 2.69 bits per heavy atom. The Morgan fingerprint density at radius 2 is 2.03 bits per heavy atom. The van der Waals surface area contributed by atoms with E-state index < -0.39 is 23.5 Å². The van der Waals surface area contributed by atoms with Crippen LogP contribution in [0.2, 0.25) is 0 Å². The third kappa shape index (κ3) is 4.75. The topological polar surface area (TPSA) is 76.1 Å². The van der Waals surface area contributed by atoms with E-state index in [4.69, 9.17) is 6.42 Å². The van der Waals surface area contributed by atoms with Gasteiger partial charge >= 0.3 is 0 Å². The van der Waals surface area contributed by atoms with Gasteiger partial charge in [0.05, 0.1) is 6.20 Å². The second kappa shape index (κ2) is 9.82. The van der Waals surface area contributed by atoms with Gasteiger partial charge in [-0.1, -0.05) is 19.3 Å². The molecule has 2 aromatic rings. The summed E-state index contributed by atoms with van der Waals surface area (Å²) >= 11 is 0. The van der Waals surface area contributed by atoms with Crippen LogP contribution in [0.1, 0.15) is 55.2 Å². The van der Waals surface area contributed by atoms with Crippen molar-refractivity contribution in [3.8, 4) is 23.6 Å². The molecule has 32 heavy (non-hydrogen) atoms. The molecule has 2 unspecified atom stereocenters. The Hall–Kier alpha value is -3.40. The van der Waals surface area contributed by atoms with Crippen molar-refractivity contribution in [2.75, 3.05) is 6.54 Å². The zero-order chi connectivity index (χ0) is 23.4. The van der Waals surface area contributed by atoms with E-state index in [2.05, 4.69) is 16.2 Å². The summed E-state index contributed by atoms with van der Waals surface area (Å²) < 4.78 is 27.4. The SMILES string of the molecule is C#Cc1cc(-c2ncc(F)cc2F)cc(C)c1C1C(=O)CC(CC(=O)NCCCC)C1=O. The normalized spacial score (nSPS) is 18.0. The molecule has 0 spiro atoms. The van der Waals surface area contributed by atoms with Gasteiger partial charge in [0.1, 0.15) is 23.2 Å². The summed E-state index contributed by atoms with van der Waals surface area (Å²) in [6.07, 6.45) is 8.27. The van der Waals surface area contributed by atoms with Gasteiger partial charge in [0, 0.05) is 42.5 Å². The molecule has 1 amide bonds. The number of carbonyl (C=O) groups is 3. The van der Waals surface area contributed by atoms with Gasteiger partial charge in [0.2, 0.25) is 5.91 Å². The van der Waals surface area contributed by atoms with Crippen LogP contribution in [0.4, 0.5) is 8.78 Å². The van der Waals surface area contributed by atoms with E-state index in [1.165, 1.54) is 6.07 Å². The lowest BCUT2D eigenvalue weighted by Crippen LogP contribution is -2.28. The largest absolute Gasteiger partial charge is 0.356 e. The molecule has 0 saturated heterocycles. The smallest absolute Gasteiger partial charge is 0.220 e. The van der Waals surface area contributed by atoms with Crippen molar-refractivity contribution in [3.05, 3.63) is 52.7 Å². The maximum atomic E-state index is 14.2. The lowest BCUT2D eigenvalue weighted by Gasteiger charge is -2.17. The Bertz CT molecular complexity index is 1120. The fourth-order valence-corrected chi connectivity index (χ4v) is 4.10.